The van der Waals surface area contributed by atoms with Gasteiger partial charge in [-0.1, -0.05) is 24.3 Å². The van der Waals surface area contributed by atoms with Crippen molar-refractivity contribution in [2.45, 2.75) is 13.5 Å². The summed E-state index contributed by atoms with van der Waals surface area (Å²) in [5.74, 6) is -0.196. The van der Waals surface area contributed by atoms with Crippen molar-refractivity contribution in [2.24, 2.45) is 0 Å². The highest BCUT2D eigenvalue weighted by Gasteiger charge is 2.03. The van der Waals surface area contributed by atoms with E-state index in [1.165, 1.54) is 6.07 Å². The molecule has 0 aliphatic rings. The standard InChI is InChI=1S/C17H15FN2/c1-12-10-15(18)8-7-14(12)11-20-16-6-2-4-13-5-3-9-19-17(13)16/h2-10,20H,11H2,1H3. The predicted molar refractivity (Wildman–Crippen MR) is 80.2 cm³/mol. The third-order valence-electron chi connectivity index (χ3n) is 3.41. The van der Waals surface area contributed by atoms with Crippen LogP contribution in [0.3, 0.4) is 0 Å². The first kappa shape index (κ1) is 12.6. The van der Waals surface area contributed by atoms with Gasteiger partial charge in [-0.2, -0.15) is 0 Å². The molecule has 20 heavy (non-hydrogen) atoms. The first-order valence-electron chi connectivity index (χ1n) is 6.57. The Morgan fingerprint density at radius 1 is 1.10 bits per heavy atom. The Morgan fingerprint density at radius 2 is 1.95 bits per heavy atom. The van der Waals surface area contributed by atoms with E-state index in [2.05, 4.69) is 10.3 Å². The zero-order valence-electron chi connectivity index (χ0n) is 11.2. The van der Waals surface area contributed by atoms with Crippen LogP contribution in [0.5, 0.6) is 0 Å². The summed E-state index contributed by atoms with van der Waals surface area (Å²) >= 11 is 0. The SMILES string of the molecule is Cc1cc(F)ccc1CNc1cccc2cccnc12. The molecule has 100 valence electrons. The molecule has 0 aliphatic carbocycles. The van der Waals surface area contributed by atoms with E-state index in [4.69, 9.17) is 0 Å². The molecule has 0 fully saturated rings. The average molecular weight is 266 g/mol. The van der Waals surface area contributed by atoms with Crippen molar-refractivity contribution >= 4 is 16.6 Å². The van der Waals surface area contributed by atoms with E-state index in [-0.39, 0.29) is 5.82 Å². The Kier molecular flexibility index (Phi) is 3.33. The van der Waals surface area contributed by atoms with Crippen LogP contribution in [-0.4, -0.2) is 4.98 Å². The van der Waals surface area contributed by atoms with Gasteiger partial charge in [-0.15, -0.1) is 0 Å². The number of rotatable bonds is 3. The summed E-state index contributed by atoms with van der Waals surface area (Å²) in [7, 11) is 0. The number of anilines is 1. The molecule has 2 nitrogen and oxygen atoms in total. The zero-order valence-corrected chi connectivity index (χ0v) is 11.2. The van der Waals surface area contributed by atoms with Gasteiger partial charge in [0.25, 0.3) is 0 Å². The molecule has 0 atom stereocenters. The Bertz CT molecular complexity index is 748. The molecule has 1 aromatic heterocycles. The fourth-order valence-corrected chi connectivity index (χ4v) is 2.29. The van der Waals surface area contributed by atoms with Crippen molar-refractivity contribution in [2.75, 3.05) is 5.32 Å². The maximum atomic E-state index is 13.1. The molecule has 0 spiro atoms. The normalized spacial score (nSPS) is 10.7. The topological polar surface area (TPSA) is 24.9 Å². The van der Waals surface area contributed by atoms with Crippen LogP contribution < -0.4 is 5.32 Å². The molecule has 0 amide bonds. The lowest BCUT2D eigenvalue weighted by molar-refractivity contribution is 0.625. The molecule has 3 aromatic rings. The summed E-state index contributed by atoms with van der Waals surface area (Å²) in [6, 6.07) is 14.9. The molecule has 0 bridgehead atoms. The van der Waals surface area contributed by atoms with E-state index in [1.54, 1.807) is 12.3 Å². The minimum Gasteiger partial charge on any atom is -0.379 e. The van der Waals surface area contributed by atoms with Gasteiger partial charge in [-0.25, -0.2) is 4.39 Å². The summed E-state index contributed by atoms with van der Waals surface area (Å²) in [5, 5.41) is 4.48. The van der Waals surface area contributed by atoms with Gasteiger partial charge in [0, 0.05) is 18.1 Å². The average Bonchev–Trinajstić information content (AvgIpc) is 2.46. The zero-order chi connectivity index (χ0) is 13.9. The summed E-state index contributed by atoms with van der Waals surface area (Å²) < 4.78 is 13.1. The third kappa shape index (κ3) is 2.48. The fraction of sp³-hybridized carbons (Fsp3) is 0.118. The first-order valence-corrected chi connectivity index (χ1v) is 6.57. The van der Waals surface area contributed by atoms with E-state index in [1.807, 2.05) is 43.3 Å². The Hall–Kier alpha value is -2.42. The molecule has 0 radical (unpaired) electrons. The van der Waals surface area contributed by atoms with Crippen LogP contribution in [0.15, 0.2) is 54.7 Å². The number of nitrogens with one attached hydrogen (secondary N) is 1. The number of fused-ring (bicyclic) bond motifs is 1. The van der Waals surface area contributed by atoms with Crippen molar-refractivity contribution < 1.29 is 4.39 Å². The second-order valence-corrected chi connectivity index (χ2v) is 4.81. The van der Waals surface area contributed by atoms with Crippen LogP contribution in [0.1, 0.15) is 11.1 Å². The number of hydrogen-bond acceptors (Lipinski definition) is 2. The number of halogens is 1. The Morgan fingerprint density at radius 3 is 2.80 bits per heavy atom. The van der Waals surface area contributed by atoms with Crippen molar-refractivity contribution in [1.29, 1.82) is 0 Å². The van der Waals surface area contributed by atoms with Crippen molar-refractivity contribution in [3.63, 3.8) is 0 Å². The molecule has 0 unspecified atom stereocenters. The lowest BCUT2D eigenvalue weighted by atomic mass is 10.1. The maximum absolute atomic E-state index is 13.1. The molecule has 1 heterocycles. The highest BCUT2D eigenvalue weighted by molar-refractivity contribution is 5.90. The van der Waals surface area contributed by atoms with Crippen molar-refractivity contribution in [1.82, 2.24) is 4.98 Å². The van der Waals surface area contributed by atoms with E-state index < -0.39 is 0 Å². The predicted octanol–water partition coefficient (Wildman–Crippen LogP) is 4.29. The molecular weight excluding hydrogens is 251 g/mol. The molecule has 3 rings (SSSR count). The summed E-state index contributed by atoms with van der Waals surface area (Å²) in [6.07, 6.45) is 1.79. The maximum Gasteiger partial charge on any atom is 0.123 e. The minimum atomic E-state index is -0.196. The highest BCUT2D eigenvalue weighted by Crippen LogP contribution is 2.21. The molecule has 0 aliphatic heterocycles. The highest BCUT2D eigenvalue weighted by atomic mass is 19.1. The number of pyridine rings is 1. The molecule has 0 saturated heterocycles. The smallest absolute Gasteiger partial charge is 0.123 e. The summed E-state index contributed by atoms with van der Waals surface area (Å²) in [5.41, 5.74) is 3.98. The van der Waals surface area contributed by atoms with Gasteiger partial charge in [-0.3, -0.25) is 4.98 Å². The van der Waals surface area contributed by atoms with Gasteiger partial charge in [-0.05, 0) is 42.3 Å². The first-order chi connectivity index (χ1) is 9.74. The monoisotopic (exact) mass is 266 g/mol. The van der Waals surface area contributed by atoms with Crippen molar-refractivity contribution in [3.05, 3.63) is 71.7 Å². The van der Waals surface area contributed by atoms with Crippen LogP contribution >= 0.6 is 0 Å². The Labute approximate surface area is 117 Å². The summed E-state index contributed by atoms with van der Waals surface area (Å²) in [4.78, 5) is 4.41. The number of nitrogens with zero attached hydrogens (tertiary/aromatic N) is 1. The van der Waals surface area contributed by atoms with Gasteiger partial charge >= 0.3 is 0 Å². The summed E-state index contributed by atoms with van der Waals surface area (Å²) in [6.45, 7) is 2.57. The van der Waals surface area contributed by atoms with Crippen LogP contribution in [0, 0.1) is 12.7 Å². The minimum absolute atomic E-state index is 0.196. The molecule has 2 aromatic carbocycles. The molecular formula is C17H15FN2. The number of aryl methyl sites for hydroxylation is 1. The van der Waals surface area contributed by atoms with Crippen LogP contribution in [0.2, 0.25) is 0 Å². The van der Waals surface area contributed by atoms with Crippen LogP contribution in [0.4, 0.5) is 10.1 Å². The number of aromatic nitrogens is 1. The number of para-hydroxylation sites is 1. The van der Waals surface area contributed by atoms with E-state index in [9.17, 15) is 4.39 Å². The molecule has 1 N–H and O–H groups in total. The van der Waals surface area contributed by atoms with Crippen molar-refractivity contribution in [3.8, 4) is 0 Å². The lowest BCUT2D eigenvalue weighted by Crippen LogP contribution is -2.02. The molecule has 0 saturated carbocycles. The van der Waals surface area contributed by atoms with E-state index in [0.717, 1.165) is 27.7 Å². The van der Waals surface area contributed by atoms with Gasteiger partial charge in [0.2, 0.25) is 0 Å². The van der Waals surface area contributed by atoms with Crippen LogP contribution in [-0.2, 0) is 6.54 Å². The second kappa shape index (κ2) is 5.29. The van der Waals surface area contributed by atoms with Gasteiger partial charge in [0.05, 0.1) is 11.2 Å². The van der Waals surface area contributed by atoms with Gasteiger partial charge < -0.3 is 5.32 Å². The lowest BCUT2D eigenvalue weighted by Gasteiger charge is -2.11. The van der Waals surface area contributed by atoms with Gasteiger partial charge in [0.1, 0.15) is 5.82 Å². The quantitative estimate of drug-likeness (QED) is 0.764. The van der Waals surface area contributed by atoms with E-state index >= 15 is 0 Å². The molecule has 3 heteroatoms. The number of hydrogen-bond donors (Lipinski definition) is 1. The van der Waals surface area contributed by atoms with E-state index in [0.29, 0.717) is 6.54 Å². The fourth-order valence-electron chi connectivity index (χ4n) is 2.29. The van der Waals surface area contributed by atoms with Crippen LogP contribution in [0.25, 0.3) is 10.9 Å². The largest absolute Gasteiger partial charge is 0.379 e. The number of benzene rings is 2. The Balaban J connectivity index is 1.87. The second-order valence-electron chi connectivity index (χ2n) is 4.81. The van der Waals surface area contributed by atoms with Gasteiger partial charge in [0.15, 0.2) is 0 Å². The third-order valence-corrected chi connectivity index (χ3v) is 3.41.